The maximum atomic E-state index is 12.0. The van der Waals surface area contributed by atoms with E-state index in [1.54, 1.807) is 30.5 Å². The van der Waals surface area contributed by atoms with Crippen molar-refractivity contribution in [2.45, 2.75) is 19.8 Å². The van der Waals surface area contributed by atoms with E-state index in [0.29, 0.717) is 17.0 Å². The van der Waals surface area contributed by atoms with Crippen molar-refractivity contribution in [3.05, 3.63) is 77.5 Å². The summed E-state index contributed by atoms with van der Waals surface area (Å²) in [5.41, 5.74) is 3.33. The minimum absolute atomic E-state index is 0.0450. The Morgan fingerprint density at radius 1 is 1.09 bits per heavy atom. The van der Waals surface area contributed by atoms with Gasteiger partial charge < -0.3 is 5.32 Å². The predicted molar refractivity (Wildman–Crippen MR) is 88.8 cm³/mol. The van der Waals surface area contributed by atoms with Crippen molar-refractivity contribution in [2.75, 3.05) is 5.32 Å². The average Bonchev–Trinajstić information content (AvgIpc) is 2.55. The van der Waals surface area contributed by atoms with E-state index in [4.69, 9.17) is 5.26 Å². The van der Waals surface area contributed by atoms with Crippen LogP contribution in [-0.2, 0) is 0 Å². The van der Waals surface area contributed by atoms with Crippen LogP contribution in [0.3, 0.4) is 0 Å². The van der Waals surface area contributed by atoms with Crippen molar-refractivity contribution in [1.82, 2.24) is 0 Å². The molecule has 0 spiro atoms. The van der Waals surface area contributed by atoms with Crippen molar-refractivity contribution < 1.29 is 4.79 Å². The fourth-order valence-corrected chi connectivity index (χ4v) is 1.98. The Hall–Kier alpha value is -2.86. The first-order valence-electron chi connectivity index (χ1n) is 7.17. The van der Waals surface area contributed by atoms with Crippen LogP contribution < -0.4 is 5.32 Å². The number of allylic oxidation sites excluding steroid dienone is 1. The second-order valence-electron chi connectivity index (χ2n) is 5.31. The summed E-state index contributed by atoms with van der Waals surface area (Å²) in [5.74, 6) is 0.411. The van der Waals surface area contributed by atoms with Gasteiger partial charge in [-0.25, -0.2) is 0 Å². The lowest BCUT2D eigenvalue weighted by Gasteiger charge is -2.05. The lowest BCUT2D eigenvalue weighted by atomic mass is 10.0. The number of anilines is 1. The first-order chi connectivity index (χ1) is 10.6. The summed E-state index contributed by atoms with van der Waals surface area (Å²) in [5, 5.41) is 11.7. The van der Waals surface area contributed by atoms with E-state index in [1.165, 1.54) is 11.6 Å². The van der Waals surface area contributed by atoms with Gasteiger partial charge in [0, 0.05) is 23.5 Å². The molecular weight excluding hydrogens is 272 g/mol. The summed E-state index contributed by atoms with van der Waals surface area (Å²) >= 11 is 0. The Bertz CT molecular complexity index is 705. The second kappa shape index (κ2) is 7.24. The van der Waals surface area contributed by atoms with E-state index in [2.05, 4.69) is 25.2 Å². The number of hydrogen-bond donors (Lipinski definition) is 1. The smallest absolute Gasteiger partial charge is 0.187 e. The summed E-state index contributed by atoms with van der Waals surface area (Å²) < 4.78 is 0. The molecule has 2 aromatic rings. The molecule has 22 heavy (non-hydrogen) atoms. The van der Waals surface area contributed by atoms with Crippen molar-refractivity contribution in [2.24, 2.45) is 0 Å². The van der Waals surface area contributed by atoms with E-state index in [0.717, 1.165) is 5.69 Å². The van der Waals surface area contributed by atoms with E-state index in [1.807, 2.05) is 24.3 Å². The maximum Gasteiger partial charge on any atom is 0.187 e. The number of ketones is 1. The Kier molecular flexibility index (Phi) is 5.11. The average molecular weight is 290 g/mol. The van der Waals surface area contributed by atoms with Gasteiger partial charge in [0.1, 0.15) is 0 Å². The van der Waals surface area contributed by atoms with Crippen LogP contribution in [0.15, 0.2) is 60.8 Å². The Morgan fingerprint density at radius 2 is 1.73 bits per heavy atom. The molecule has 0 amide bonds. The van der Waals surface area contributed by atoms with Crippen molar-refractivity contribution in [1.29, 1.82) is 5.26 Å². The molecule has 3 nitrogen and oxygen atoms in total. The maximum absolute atomic E-state index is 12.0. The van der Waals surface area contributed by atoms with Gasteiger partial charge in [0.2, 0.25) is 0 Å². The van der Waals surface area contributed by atoms with Gasteiger partial charge in [-0.2, -0.15) is 5.26 Å². The quantitative estimate of drug-likeness (QED) is 0.652. The van der Waals surface area contributed by atoms with Gasteiger partial charge in [0.05, 0.1) is 11.6 Å². The molecular formula is C19H18N2O. The zero-order chi connectivity index (χ0) is 15.9. The number of benzene rings is 2. The normalized spacial score (nSPS) is 10.6. The predicted octanol–water partition coefficient (Wildman–Crippen LogP) is 4.49. The molecule has 0 unspecified atom stereocenters. The Balaban J connectivity index is 1.97. The molecule has 3 heteroatoms. The molecule has 0 aliphatic rings. The molecule has 2 rings (SSSR count). The van der Waals surface area contributed by atoms with E-state index in [-0.39, 0.29) is 5.78 Å². The molecule has 0 fully saturated rings. The third-order valence-electron chi connectivity index (χ3n) is 3.36. The van der Waals surface area contributed by atoms with Crippen molar-refractivity contribution >= 4 is 11.5 Å². The van der Waals surface area contributed by atoms with Crippen LogP contribution >= 0.6 is 0 Å². The zero-order valence-corrected chi connectivity index (χ0v) is 12.7. The summed E-state index contributed by atoms with van der Waals surface area (Å²) in [6, 6.07) is 16.8. The second-order valence-corrected chi connectivity index (χ2v) is 5.31. The number of hydrogen-bond acceptors (Lipinski definition) is 3. The minimum Gasteiger partial charge on any atom is -0.362 e. The highest BCUT2D eigenvalue weighted by atomic mass is 16.1. The first-order valence-corrected chi connectivity index (χ1v) is 7.17. The van der Waals surface area contributed by atoms with Crippen LogP contribution in [0.4, 0.5) is 5.69 Å². The SMILES string of the molecule is CC(C)c1ccc(C(=O)C=CNc2ccc(C#N)cc2)cc1. The molecule has 0 heterocycles. The zero-order valence-electron chi connectivity index (χ0n) is 12.7. The van der Waals surface area contributed by atoms with E-state index < -0.39 is 0 Å². The molecule has 0 saturated heterocycles. The van der Waals surface area contributed by atoms with E-state index in [9.17, 15) is 4.79 Å². The largest absolute Gasteiger partial charge is 0.362 e. The van der Waals surface area contributed by atoms with E-state index >= 15 is 0 Å². The molecule has 0 saturated carbocycles. The summed E-state index contributed by atoms with van der Waals surface area (Å²) in [6.07, 6.45) is 3.11. The monoisotopic (exact) mass is 290 g/mol. The van der Waals surface area contributed by atoms with Crippen LogP contribution in [0.5, 0.6) is 0 Å². The van der Waals surface area contributed by atoms with Gasteiger partial charge in [0.15, 0.2) is 5.78 Å². The standard InChI is InChI=1S/C19H18N2O/c1-14(2)16-5-7-17(8-6-16)19(22)11-12-21-18-9-3-15(13-20)4-10-18/h3-12,14,21H,1-2H3. The molecule has 110 valence electrons. The molecule has 0 aromatic heterocycles. The van der Waals surface area contributed by atoms with Crippen molar-refractivity contribution in [3.63, 3.8) is 0 Å². The molecule has 0 radical (unpaired) electrons. The molecule has 2 aromatic carbocycles. The van der Waals surface area contributed by atoms with Crippen LogP contribution in [0.25, 0.3) is 0 Å². The summed E-state index contributed by atoms with van der Waals surface area (Å²) in [7, 11) is 0. The summed E-state index contributed by atoms with van der Waals surface area (Å²) in [4.78, 5) is 12.0. The Labute approximate surface area is 130 Å². The molecule has 0 atom stereocenters. The molecule has 0 bridgehead atoms. The minimum atomic E-state index is -0.0450. The number of carbonyl (C=O) groups excluding carboxylic acids is 1. The van der Waals surface area contributed by atoms with Gasteiger partial charge in [-0.05, 0) is 35.7 Å². The number of nitrogens with zero attached hydrogens (tertiary/aromatic N) is 1. The molecule has 0 aliphatic heterocycles. The van der Waals surface area contributed by atoms with Crippen LogP contribution in [0.2, 0.25) is 0 Å². The van der Waals surface area contributed by atoms with Gasteiger partial charge in [0.25, 0.3) is 0 Å². The summed E-state index contributed by atoms with van der Waals surface area (Å²) in [6.45, 7) is 4.25. The van der Waals surface area contributed by atoms with Crippen LogP contribution in [0, 0.1) is 11.3 Å². The number of carbonyl (C=O) groups is 1. The van der Waals surface area contributed by atoms with Crippen LogP contribution in [0.1, 0.15) is 41.3 Å². The topological polar surface area (TPSA) is 52.9 Å². The van der Waals surface area contributed by atoms with Gasteiger partial charge >= 0.3 is 0 Å². The van der Waals surface area contributed by atoms with Gasteiger partial charge in [-0.1, -0.05) is 38.1 Å². The number of nitriles is 1. The molecule has 0 aliphatic carbocycles. The number of rotatable bonds is 5. The highest BCUT2D eigenvalue weighted by molar-refractivity contribution is 6.04. The van der Waals surface area contributed by atoms with Crippen LogP contribution in [-0.4, -0.2) is 5.78 Å². The first kappa shape index (κ1) is 15.5. The van der Waals surface area contributed by atoms with Crippen molar-refractivity contribution in [3.8, 4) is 6.07 Å². The Morgan fingerprint density at radius 3 is 2.27 bits per heavy atom. The lowest BCUT2D eigenvalue weighted by molar-refractivity contribution is 0.104. The third-order valence-corrected chi connectivity index (χ3v) is 3.36. The number of nitrogens with one attached hydrogen (secondary N) is 1. The third kappa shape index (κ3) is 4.07. The lowest BCUT2D eigenvalue weighted by Crippen LogP contribution is -1.97. The van der Waals surface area contributed by atoms with Gasteiger partial charge in [-0.15, -0.1) is 0 Å². The molecule has 1 N–H and O–H groups in total. The van der Waals surface area contributed by atoms with Gasteiger partial charge in [-0.3, -0.25) is 4.79 Å². The fraction of sp³-hybridized carbons (Fsp3) is 0.158. The highest BCUT2D eigenvalue weighted by Crippen LogP contribution is 2.15. The highest BCUT2D eigenvalue weighted by Gasteiger charge is 2.03. The fourth-order valence-electron chi connectivity index (χ4n) is 1.98.